The van der Waals surface area contributed by atoms with Gasteiger partial charge in [-0.3, -0.25) is 9.59 Å². The van der Waals surface area contributed by atoms with Crippen LogP contribution in [0.15, 0.2) is 30.3 Å². The fourth-order valence-electron chi connectivity index (χ4n) is 1.44. The highest BCUT2D eigenvalue weighted by atomic mass is 16.5. The molecule has 1 aromatic rings. The predicted molar refractivity (Wildman–Crippen MR) is 59.9 cm³/mol. The van der Waals surface area contributed by atoms with Gasteiger partial charge in [0.1, 0.15) is 5.92 Å². The molecule has 0 aromatic heterocycles. The molecule has 0 fully saturated rings. The molecule has 0 saturated heterocycles. The van der Waals surface area contributed by atoms with Gasteiger partial charge in [0.05, 0.1) is 0 Å². The number of carbonyl (C=O) groups excluding carboxylic acids is 2. The van der Waals surface area contributed by atoms with E-state index in [0.29, 0.717) is 18.6 Å². The molecular formula is C12H15NO3. The number of methoxy groups -OCH3 is 1. The topological polar surface area (TPSA) is 69.4 Å². The first kappa shape index (κ1) is 12.4. The highest BCUT2D eigenvalue weighted by molar-refractivity contribution is 6.09. The molecule has 0 aliphatic rings. The second-order valence-corrected chi connectivity index (χ2v) is 3.47. The van der Waals surface area contributed by atoms with Crippen LogP contribution in [0.5, 0.6) is 0 Å². The lowest BCUT2D eigenvalue weighted by Gasteiger charge is -2.11. The van der Waals surface area contributed by atoms with Crippen LogP contribution in [-0.2, 0) is 9.53 Å². The largest absolute Gasteiger partial charge is 0.385 e. The lowest BCUT2D eigenvalue weighted by Crippen LogP contribution is -2.31. The van der Waals surface area contributed by atoms with Crippen molar-refractivity contribution in [1.29, 1.82) is 0 Å². The molecule has 0 radical (unpaired) electrons. The summed E-state index contributed by atoms with van der Waals surface area (Å²) in [5.74, 6) is -1.65. The van der Waals surface area contributed by atoms with E-state index in [1.54, 1.807) is 24.3 Å². The zero-order valence-corrected chi connectivity index (χ0v) is 9.18. The predicted octanol–water partition coefficient (Wildman–Crippen LogP) is 1.01. The van der Waals surface area contributed by atoms with Gasteiger partial charge in [-0.1, -0.05) is 30.3 Å². The molecule has 1 rings (SSSR count). The molecule has 2 N–H and O–H groups in total. The molecule has 86 valence electrons. The Kier molecular flexibility index (Phi) is 4.66. The number of amides is 1. The number of rotatable bonds is 6. The Morgan fingerprint density at radius 3 is 2.44 bits per heavy atom. The molecule has 0 bridgehead atoms. The normalized spacial score (nSPS) is 12.1. The van der Waals surface area contributed by atoms with Gasteiger partial charge in [-0.15, -0.1) is 0 Å². The zero-order chi connectivity index (χ0) is 12.0. The smallest absolute Gasteiger partial charge is 0.228 e. The molecular weight excluding hydrogens is 206 g/mol. The van der Waals surface area contributed by atoms with Crippen molar-refractivity contribution in [3.05, 3.63) is 35.9 Å². The van der Waals surface area contributed by atoms with Gasteiger partial charge >= 0.3 is 0 Å². The Morgan fingerprint density at radius 2 is 1.94 bits per heavy atom. The Bertz CT molecular complexity index is 362. The van der Waals surface area contributed by atoms with Crippen LogP contribution in [0.2, 0.25) is 0 Å². The minimum absolute atomic E-state index is 0.245. The van der Waals surface area contributed by atoms with E-state index < -0.39 is 11.8 Å². The van der Waals surface area contributed by atoms with Crippen LogP contribution in [0, 0.1) is 5.92 Å². The van der Waals surface area contributed by atoms with Crippen LogP contribution < -0.4 is 5.73 Å². The van der Waals surface area contributed by atoms with Crippen molar-refractivity contribution in [1.82, 2.24) is 0 Å². The Balaban J connectivity index is 2.79. The zero-order valence-electron chi connectivity index (χ0n) is 9.18. The molecule has 4 heteroatoms. The third-order valence-corrected chi connectivity index (χ3v) is 2.33. The summed E-state index contributed by atoms with van der Waals surface area (Å²) < 4.78 is 4.85. The van der Waals surface area contributed by atoms with E-state index in [2.05, 4.69) is 0 Å². The minimum Gasteiger partial charge on any atom is -0.385 e. The molecule has 4 nitrogen and oxygen atoms in total. The fraction of sp³-hybridized carbons (Fsp3) is 0.333. The van der Waals surface area contributed by atoms with Gasteiger partial charge < -0.3 is 10.5 Å². The number of hydrogen-bond acceptors (Lipinski definition) is 3. The van der Waals surface area contributed by atoms with Crippen molar-refractivity contribution in [2.45, 2.75) is 6.42 Å². The molecule has 0 spiro atoms. The van der Waals surface area contributed by atoms with Gasteiger partial charge in [-0.25, -0.2) is 0 Å². The summed E-state index contributed by atoms with van der Waals surface area (Å²) >= 11 is 0. The summed E-state index contributed by atoms with van der Waals surface area (Å²) in [6, 6.07) is 8.66. The molecule has 1 amide bonds. The molecule has 0 saturated carbocycles. The molecule has 0 aliphatic carbocycles. The van der Waals surface area contributed by atoms with E-state index in [4.69, 9.17) is 10.5 Å². The standard InChI is InChI=1S/C12H15NO3/c1-16-8-7-10(12(13)15)11(14)9-5-3-2-4-6-9/h2-6,10H,7-8H2,1H3,(H2,13,15). The molecule has 16 heavy (non-hydrogen) atoms. The number of ketones is 1. The summed E-state index contributed by atoms with van der Waals surface area (Å²) in [4.78, 5) is 23.1. The van der Waals surface area contributed by atoms with Gasteiger partial charge in [0.2, 0.25) is 5.91 Å². The first-order valence-corrected chi connectivity index (χ1v) is 5.04. The summed E-state index contributed by atoms with van der Waals surface area (Å²) in [5, 5.41) is 0. The summed E-state index contributed by atoms with van der Waals surface area (Å²) in [6.45, 7) is 0.339. The number of carbonyl (C=O) groups is 2. The highest BCUT2D eigenvalue weighted by Crippen LogP contribution is 2.12. The molecule has 1 unspecified atom stereocenters. The van der Waals surface area contributed by atoms with Gasteiger partial charge in [0.15, 0.2) is 5.78 Å². The number of hydrogen-bond donors (Lipinski definition) is 1. The SMILES string of the molecule is COCCC(C(N)=O)C(=O)c1ccccc1. The maximum atomic E-state index is 11.9. The van der Waals surface area contributed by atoms with E-state index in [0.717, 1.165) is 0 Å². The maximum Gasteiger partial charge on any atom is 0.228 e. The number of ether oxygens (including phenoxy) is 1. The van der Waals surface area contributed by atoms with E-state index in [1.165, 1.54) is 7.11 Å². The minimum atomic E-state index is -0.803. The van der Waals surface area contributed by atoms with Crippen molar-refractivity contribution >= 4 is 11.7 Å². The van der Waals surface area contributed by atoms with Crippen LogP contribution in [0.4, 0.5) is 0 Å². The Hall–Kier alpha value is -1.68. The number of nitrogens with two attached hydrogens (primary N) is 1. The molecule has 0 heterocycles. The first-order valence-electron chi connectivity index (χ1n) is 5.04. The monoisotopic (exact) mass is 221 g/mol. The lowest BCUT2D eigenvalue weighted by molar-refractivity contribution is -0.120. The first-order chi connectivity index (χ1) is 7.66. The number of benzene rings is 1. The molecule has 1 atom stereocenters. The molecule has 0 aliphatic heterocycles. The van der Waals surface area contributed by atoms with Gasteiger partial charge in [-0.2, -0.15) is 0 Å². The second kappa shape index (κ2) is 6.02. The molecule has 1 aromatic carbocycles. The van der Waals surface area contributed by atoms with Crippen LogP contribution in [0.3, 0.4) is 0 Å². The van der Waals surface area contributed by atoms with Crippen molar-refractivity contribution in [3.63, 3.8) is 0 Å². The fourth-order valence-corrected chi connectivity index (χ4v) is 1.44. The Labute approximate surface area is 94.4 Å². The summed E-state index contributed by atoms with van der Waals surface area (Å²) in [6.07, 6.45) is 0.319. The van der Waals surface area contributed by atoms with Crippen molar-refractivity contribution in [2.75, 3.05) is 13.7 Å². The average molecular weight is 221 g/mol. The summed E-state index contributed by atoms with van der Waals surface area (Å²) in [5.41, 5.74) is 5.70. The average Bonchev–Trinajstić information content (AvgIpc) is 2.30. The van der Waals surface area contributed by atoms with E-state index in [-0.39, 0.29) is 5.78 Å². The summed E-state index contributed by atoms with van der Waals surface area (Å²) in [7, 11) is 1.52. The van der Waals surface area contributed by atoms with Gasteiger partial charge in [0.25, 0.3) is 0 Å². The van der Waals surface area contributed by atoms with Gasteiger partial charge in [-0.05, 0) is 6.42 Å². The van der Waals surface area contributed by atoms with Crippen LogP contribution in [0.1, 0.15) is 16.8 Å². The van der Waals surface area contributed by atoms with Crippen molar-refractivity contribution in [3.8, 4) is 0 Å². The second-order valence-electron chi connectivity index (χ2n) is 3.47. The number of primary amides is 1. The van der Waals surface area contributed by atoms with E-state index >= 15 is 0 Å². The van der Waals surface area contributed by atoms with E-state index in [1.807, 2.05) is 6.07 Å². The highest BCUT2D eigenvalue weighted by Gasteiger charge is 2.24. The van der Waals surface area contributed by atoms with E-state index in [9.17, 15) is 9.59 Å². The quantitative estimate of drug-likeness (QED) is 0.575. The van der Waals surface area contributed by atoms with Crippen LogP contribution >= 0.6 is 0 Å². The van der Waals surface area contributed by atoms with Crippen molar-refractivity contribution < 1.29 is 14.3 Å². The number of Topliss-reactive ketones (excluding diaryl/α,β-unsaturated/α-hetero) is 1. The van der Waals surface area contributed by atoms with Crippen LogP contribution in [0.25, 0.3) is 0 Å². The third kappa shape index (κ3) is 3.17. The maximum absolute atomic E-state index is 11.9. The lowest BCUT2D eigenvalue weighted by atomic mass is 9.94. The van der Waals surface area contributed by atoms with Crippen molar-refractivity contribution in [2.24, 2.45) is 11.7 Å². The Morgan fingerprint density at radius 1 is 1.31 bits per heavy atom. The third-order valence-electron chi connectivity index (χ3n) is 2.33. The van der Waals surface area contributed by atoms with Gasteiger partial charge in [0, 0.05) is 19.3 Å². The van der Waals surface area contributed by atoms with Crippen LogP contribution in [-0.4, -0.2) is 25.4 Å².